The Morgan fingerprint density at radius 2 is 1.46 bits per heavy atom. The first-order valence-electron chi connectivity index (χ1n) is 7.87. The Hall–Kier alpha value is -2.20. The molecule has 0 radical (unpaired) electrons. The van der Waals surface area contributed by atoms with Crippen molar-refractivity contribution >= 4 is 57.8 Å². The van der Waals surface area contributed by atoms with E-state index in [0.29, 0.717) is 26.4 Å². The summed E-state index contributed by atoms with van der Waals surface area (Å²) < 4.78 is 0. The van der Waals surface area contributed by atoms with E-state index in [9.17, 15) is 4.79 Å². The zero-order chi connectivity index (χ0) is 18.5. The molecule has 0 aliphatic rings. The van der Waals surface area contributed by atoms with Crippen LogP contribution in [0.3, 0.4) is 0 Å². The van der Waals surface area contributed by atoms with Crippen LogP contribution in [0, 0.1) is 0 Å². The number of anilines is 3. The minimum atomic E-state index is -0.133. The molecule has 0 spiro atoms. The van der Waals surface area contributed by atoms with Crippen LogP contribution < -0.4 is 10.6 Å². The molecule has 0 bridgehead atoms. The van der Waals surface area contributed by atoms with Gasteiger partial charge in [-0.05, 0) is 48.0 Å². The standard InChI is InChI=1S/C20H15Cl3N2O/c21-14-8-10-15(11-9-14)24-19(26)12-13-4-1-2-7-18(13)25-20-16(22)5-3-6-17(20)23/h1-11,25H,12H2,(H,24,26). The second-order valence-electron chi connectivity index (χ2n) is 5.61. The highest BCUT2D eigenvalue weighted by atomic mass is 35.5. The van der Waals surface area contributed by atoms with Gasteiger partial charge in [0.05, 0.1) is 22.2 Å². The van der Waals surface area contributed by atoms with Crippen molar-refractivity contribution in [3.8, 4) is 0 Å². The summed E-state index contributed by atoms with van der Waals surface area (Å²) in [6.45, 7) is 0. The van der Waals surface area contributed by atoms with E-state index in [1.54, 1.807) is 42.5 Å². The maximum Gasteiger partial charge on any atom is 0.228 e. The molecule has 0 fully saturated rings. The highest BCUT2D eigenvalue weighted by Crippen LogP contribution is 2.33. The number of nitrogens with one attached hydrogen (secondary N) is 2. The lowest BCUT2D eigenvalue weighted by Crippen LogP contribution is -2.15. The minimum Gasteiger partial charge on any atom is -0.353 e. The SMILES string of the molecule is O=C(Cc1ccccc1Nc1c(Cl)cccc1Cl)Nc1ccc(Cl)cc1. The van der Waals surface area contributed by atoms with E-state index in [1.807, 2.05) is 24.3 Å². The number of halogens is 3. The fourth-order valence-electron chi connectivity index (χ4n) is 2.46. The molecule has 0 unspecified atom stereocenters. The number of rotatable bonds is 5. The lowest BCUT2D eigenvalue weighted by Gasteiger charge is -2.14. The topological polar surface area (TPSA) is 41.1 Å². The smallest absolute Gasteiger partial charge is 0.228 e. The summed E-state index contributed by atoms with van der Waals surface area (Å²) in [5.74, 6) is -0.133. The maximum absolute atomic E-state index is 12.4. The number of para-hydroxylation sites is 2. The number of hydrogen-bond acceptors (Lipinski definition) is 2. The molecule has 6 heteroatoms. The molecule has 3 aromatic carbocycles. The number of carbonyl (C=O) groups excluding carboxylic acids is 1. The van der Waals surface area contributed by atoms with Crippen molar-refractivity contribution in [2.75, 3.05) is 10.6 Å². The monoisotopic (exact) mass is 404 g/mol. The van der Waals surface area contributed by atoms with Gasteiger partial charge >= 0.3 is 0 Å². The molecule has 0 atom stereocenters. The van der Waals surface area contributed by atoms with E-state index in [4.69, 9.17) is 34.8 Å². The molecule has 3 rings (SSSR count). The van der Waals surface area contributed by atoms with Crippen LogP contribution in [0.5, 0.6) is 0 Å². The van der Waals surface area contributed by atoms with Crippen LogP contribution in [-0.2, 0) is 11.2 Å². The van der Waals surface area contributed by atoms with Gasteiger partial charge in [-0.1, -0.05) is 59.1 Å². The van der Waals surface area contributed by atoms with E-state index < -0.39 is 0 Å². The van der Waals surface area contributed by atoms with Gasteiger partial charge in [-0.2, -0.15) is 0 Å². The van der Waals surface area contributed by atoms with E-state index in [1.165, 1.54) is 0 Å². The molecule has 3 nitrogen and oxygen atoms in total. The summed E-state index contributed by atoms with van der Waals surface area (Å²) in [6, 6.07) is 19.8. The average Bonchev–Trinajstić information content (AvgIpc) is 2.61. The normalized spacial score (nSPS) is 10.4. The molecule has 26 heavy (non-hydrogen) atoms. The molecule has 0 aromatic heterocycles. The predicted molar refractivity (Wildman–Crippen MR) is 110 cm³/mol. The molecule has 0 saturated carbocycles. The Morgan fingerprint density at radius 3 is 2.15 bits per heavy atom. The number of benzene rings is 3. The molecule has 0 aliphatic heterocycles. The minimum absolute atomic E-state index is 0.133. The highest BCUT2D eigenvalue weighted by Gasteiger charge is 2.11. The van der Waals surface area contributed by atoms with E-state index >= 15 is 0 Å². The van der Waals surface area contributed by atoms with Gasteiger partial charge in [0.25, 0.3) is 0 Å². The van der Waals surface area contributed by atoms with Crippen molar-refractivity contribution in [1.29, 1.82) is 0 Å². The summed E-state index contributed by atoms with van der Waals surface area (Å²) in [5, 5.41) is 7.72. The van der Waals surface area contributed by atoms with Crippen LogP contribution >= 0.6 is 34.8 Å². The van der Waals surface area contributed by atoms with Gasteiger partial charge < -0.3 is 10.6 Å². The fourth-order valence-corrected chi connectivity index (χ4v) is 3.08. The summed E-state index contributed by atoms with van der Waals surface area (Å²) >= 11 is 18.3. The summed E-state index contributed by atoms with van der Waals surface area (Å²) in [5.41, 5.74) is 2.91. The van der Waals surface area contributed by atoms with Crippen LogP contribution in [0.2, 0.25) is 15.1 Å². The number of hydrogen-bond donors (Lipinski definition) is 2. The predicted octanol–water partition coefficient (Wildman–Crippen LogP) is 6.57. The first kappa shape index (κ1) is 18.6. The molecular formula is C20H15Cl3N2O. The Balaban J connectivity index is 1.76. The quantitative estimate of drug-likeness (QED) is 0.504. The number of amides is 1. The number of carbonyl (C=O) groups is 1. The van der Waals surface area contributed by atoms with Gasteiger partial charge in [0.2, 0.25) is 5.91 Å². The molecule has 0 heterocycles. The molecule has 0 saturated heterocycles. The van der Waals surface area contributed by atoms with Gasteiger partial charge in [-0.15, -0.1) is 0 Å². The van der Waals surface area contributed by atoms with Crippen LogP contribution in [0.15, 0.2) is 66.7 Å². The Labute approximate surface area is 166 Å². The third-order valence-corrected chi connectivity index (χ3v) is 4.60. The van der Waals surface area contributed by atoms with Crippen LogP contribution in [0.1, 0.15) is 5.56 Å². The maximum atomic E-state index is 12.4. The van der Waals surface area contributed by atoms with Crippen LogP contribution in [-0.4, -0.2) is 5.91 Å². The van der Waals surface area contributed by atoms with Crippen molar-refractivity contribution in [3.63, 3.8) is 0 Å². The van der Waals surface area contributed by atoms with Gasteiger partial charge in [-0.3, -0.25) is 4.79 Å². The molecular weight excluding hydrogens is 391 g/mol. The average molecular weight is 406 g/mol. The largest absolute Gasteiger partial charge is 0.353 e. The summed E-state index contributed by atoms with van der Waals surface area (Å²) in [7, 11) is 0. The lowest BCUT2D eigenvalue weighted by molar-refractivity contribution is -0.115. The van der Waals surface area contributed by atoms with Crippen LogP contribution in [0.4, 0.5) is 17.1 Å². The van der Waals surface area contributed by atoms with Crippen molar-refractivity contribution in [2.45, 2.75) is 6.42 Å². The van der Waals surface area contributed by atoms with E-state index in [2.05, 4.69) is 10.6 Å². The zero-order valence-electron chi connectivity index (χ0n) is 13.6. The second-order valence-corrected chi connectivity index (χ2v) is 6.86. The third-order valence-electron chi connectivity index (χ3n) is 3.72. The highest BCUT2D eigenvalue weighted by molar-refractivity contribution is 6.39. The molecule has 3 aromatic rings. The van der Waals surface area contributed by atoms with E-state index in [0.717, 1.165) is 11.3 Å². The Bertz CT molecular complexity index is 906. The van der Waals surface area contributed by atoms with Gasteiger partial charge in [0.1, 0.15) is 0 Å². The Kier molecular flexibility index (Phi) is 6.04. The molecule has 1 amide bonds. The first-order valence-corrected chi connectivity index (χ1v) is 9.00. The van der Waals surface area contributed by atoms with Gasteiger partial charge in [-0.25, -0.2) is 0 Å². The van der Waals surface area contributed by atoms with Crippen molar-refractivity contribution in [2.24, 2.45) is 0 Å². The summed E-state index contributed by atoms with van der Waals surface area (Å²) in [4.78, 5) is 12.4. The second kappa shape index (κ2) is 8.45. The summed E-state index contributed by atoms with van der Waals surface area (Å²) in [6.07, 6.45) is 0.202. The van der Waals surface area contributed by atoms with Gasteiger partial charge in [0.15, 0.2) is 0 Å². The van der Waals surface area contributed by atoms with Gasteiger partial charge in [0, 0.05) is 16.4 Å². The first-order chi connectivity index (χ1) is 12.5. The van der Waals surface area contributed by atoms with Crippen LogP contribution in [0.25, 0.3) is 0 Å². The zero-order valence-corrected chi connectivity index (χ0v) is 15.9. The third kappa shape index (κ3) is 4.70. The van der Waals surface area contributed by atoms with E-state index in [-0.39, 0.29) is 12.3 Å². The lowest BCUT2D eigenvalue weighted by atomic mass is 10.1. The fraction of sp³-hybridized carbons (Fsp3) is 0.0500. The van der Waals surface area contributed by atoms with Crippen molar-refractivity contribution in [1.82, 2.24) is 0 Å². The van der Waals surface area contributed by atoms with Crippen molar-refractivity contribution in [3.05, 3.63) is 87.4 Å². The van der Waals surface area contributed by atoms with Crippen molar-refractivity contribution < 1.29 is 4.79 Å². The Morgan fingerprint density at radius 1 is 0.808 bits per heavy atom. The molecule has 132 valence electrons. The molecule has 2 N–H and O–H groups in total. The molecule has 0 aliphatic carbocycles.